The Morgan fingerprint density at radius 2 is 1.00 bits per heavy atom. The van der Waals surface area contributed by atoms with Crippen LogP contribution in [-0.4, -0.2) is 24.8 Å². The molecule has 0 saturated heterocycles. The first-order valence-electron chi connectivity index (χ1n) is 8.73. The van der Waals surface area contributed by atoms with Crippen LogP contribution < -0.4 is 5.32 Å². The van der Waals surface area contributed by atoms with Gasteiger partial charge in [0.15, 0.2) is 0 Å². The number of nitrogens with one attached hydrogen (secondary N) is 1. The molecule has 0 aromatic heterocycles. The maximum absolute atomic E-state index is 8.40. The summed E-state index contributed by atoms with van der Waals surface area (Å²) in [6, 6.07) is 0. The van der Waals surface area contributed by atoms with E-state index in [-0.39, 0.29) is 0 Å². The van der Waals surface area contributed by atoms with E-state index in [4.69, 9.17) is 5.11 Å². The van der Waals surface area contributed by atoms with Crippen molar-refractivity contribution in [3.05, 3.63) is 0 Å². The second kappa shape index (κ2) is 107. The van der Waals surface area contributed by atoms with Gasteiger partial charge >= 0.3 is 0 Å². The summed E-state index contributed by atoms with van der Waals surface area (Å²) in [6.07, 6.45) is 3.21. The quantitative estimate of drug-likeness (QED) is 0.595. The molecule has 2 N–H and O–H groups in total. The van der Waals surface area contributed by atoms with Crippen LogP contribution in [0.15, 0.2) is 0 Å². The molecule has 0 aliphatic heterocycles. The van der Waals surface area contributed by atoms with Crippen molar-refractivity contribution in [2.75, 3.05) is 19.7 Å². The van der Waals surface area contributed by atoms with E-state index >= 15 is 0 Å². The summed E-state index contributed by atoms with van der Waals surface area (Å²) >= 11 is 0. The number of aliphatic hydroxyl groups is 1. The summed E-state index contributed by atoms with van der Waals surface area (Å²) in [4.78, 5) is 0. The molecule has 2 heteroatoms. The fourth-order valence-corrected chi connectivity index (χ4v) is 0.664. The number of hydrogen-bond donors (Lipinski definition) is 2. The first-order valence-corrected chi connectivity index (χ1v) is 8.73. The van der Waals surface area contributed by atoms with Gasteiger partial charge in [-0.05, 0) is 32.4 Å². The summed E-state index contributed by atoms with van der Waals surface area (Å²) in [5, 5.41) is 11.7. The molecule has 0 heterocycles. The maximum atomic E-state index is 8.40. The van der Waals surface area contributed by atoms with Crippen LogP contribution in [0, 0.1) is 0 Å². The Morgan fingerprint density at radius 3 is 1.26 bits per heavy atom. The van der Waals surface area contributed by atoms with Crippen LogP contribution in [0.1, 0.15) is 95.4 Å². The van der Waals surface area contributed by atoms with Gasteiger partial charge in [-0.15, -0.1) is 0 Å². The third kappa shape index (κ3) is 130. The normalized spacial score (nSPS) is 6.32. The molecule has 0 atom stereocenters. The summed E-state index contributed by atoms with van der Waals surface area (Å²) in [5.41, 5.74) is 0. The van der Waals surface area contributed by atoms with Gasteiger partial charge in [0.25, 0.3) is 0 Å². The number of aliphatic hydroxyl groups excluding tert-OH is 1. The highest BCUT2D eigenvalue weighted by Gasteiger charge is 1.84. The molecule has 0 saturated carbocycles. The monoisotopic (exact) mass is 281 g/mol. The molecular weight excluding hydrogens is 234 g/mol. The van der Waals surface area contributed by atoms with Crippen molar-refractivity contribution in [1.29, 1.82) is 0 Å². The standard InChI is InChI=1S/C7H17NO.5C2H6/c1-2-5-8-6-3-4-7-9;5*1-2/h8-9H,2-7H2,1H3;5*1-2H3. The van der Waals surface area contributed by atoms with Crippen molar-refractivity contribution in [2.45, 2.75) is 95.4 Å². The van der Waals surface area contributed by atoms with E-state index in [9.17, 15) is 0 Å². The minimum Gasteiger partial charge on any atom is -0.396 e. The van der Waals surface area contributed by atoms with Crippen molar-refractivity contribution >= 4 is 0 Å². The lowest BCUT2D eigenvalue weighted by Crippen LogP contribution is -2.15. The first-order chi connectivity index (χ1) is 9.41. The first kappa shape index (κ1) is 36.4. The molecule has 0 aromatic rings. The number of unbranched alkanes of at least 4 members (excludes halogenated alkanes) is 1. The molecule has 19 heavy (non-hydrogen) atoms. The fourth-order valence-electron chi connectivity index (χ4n) is 0.664. The van der Waals surface area contributed by atoms with Crippen LogP contribution in [0.5, 0.6) is 0 Å². The zero-order valence-corrected chi connectivity index (χ0v) is 16.2. The largest absolute Gasteiger partial charge is 0.396 e. The SMILES string of the molecule is CC.CC.CC.CC.CC.CCCNCCCCO. The minimum atomic E-state index is 0.327. The van der Waals surface area contributed by atoms with Crippen LogP contribution in [0.2, 0.25) is 0 Å². The Bertz CT molecular complexity index is 44.5. The second-order valence-corrected chi connectivity index (χ2v) is 2.18. The molecule has 0 aromatic carbocycles. The summed E-state index contributed by atoms with van der Waals surface area (Å²) in [6.45, 7) is 24.6. The van der Waals surface area contributed by atoms with E-state index in [1.807, 2.05) is 69.2 Å². The third-order valence-corrected chi connectivity index (χ3v) is 1.19. The second-order valence-electron chi connectivity index (χ2n) is 2.18. The van der Waals surface area contributed by atoms with Gasteiger partial charge < -0.3 is 10.4 Å². The van der Waals surface area contributed by atoms with E-state index in [0.29, 0.717) is 6.61 Å². The van der Waals surface area contributed by atoms with Crippen molar-refractivity contribution in [3.63, 3.8) is 0 Å². The van der Waals surface area contributed by atoms with Crippen LogP contribution in [0.25, 0.3) is 0 Å². The molecule has 0 aliphatic carbocycles. The Hall–Kier alpha value is -0.0800. The van der Waals surface area contributed by atoms with E-state index in [1.54, 1.807) is 0 Å². The maximum Gasteiger partial charge on any atom is 0.0431 e. The van der Waals surface area contributed by atoms with Gasteiger partial charge in [-0.25, -0.2) is 0 Å². The number of hydrogen-bond acceptors (Lipinski definition) is 2. The Morgan fingerprint density at radius 1 is 0.632 bits per heavy atom. The summed E-state index contributed by atoms with van der Waals surface area (Å²) in [7, 11) is 0. The highest BCUT2D eigenvalue weighted by molar-refractivity contribution is 4.45. The van der Waals surface area contributed by atoms with E-state index in [2.05, 4.69) is 12.2 Å². The highest BCUT2D eigenvalue weighted by Crippen LogP contribution is 1.83. The molecule has 126 valence electrons. The van der Waals surface area contributed by atoms with Gasteiger partial charge in [0.1, 0.15) is 0 Å². The van der Waals surface area contributed by atoms with Crippen molar-refractivity contribution in [2.24, 2.45) is 0 Å². The average Bonchev–Trinajstić information content (AvgIpc) is 2.57. The molecule has 0 spiro atoms. The molecule has 0 bridgehead atoms. The molecular formula is C17H47NO. The van der Waals surface area contributed by atoms with Crippen LogP contribution in [-0.2, 0) is 0 Å². The van der Waals surface area contributed by atoms with Gasteiger partial charge in [0, 0.05) is 6.61 Å². The van der Waals surface area contributed by atoms with Gasteiger partial charge in [0.2, 0.25) is 0 Å². The highest BCUT2D eigenvalue weighted by atomic mass is 16.2. The van der Waals surface area contributed by atoms with Crippen molar-refractivity contribution < 1.29 is 5.11 Å². The van der Waals surface area contributed by atoms with Crippen molar-refractivity contribution in [1.82, 2.24) is 5.32 Å². The molecule has 0 rings (SSSR count). The molecule has 0 aliphatic rings. The predicted molar refractivity (Wildman–Crippen MR) is 96.2 cm³/mol. The number of rotatable bonds is 6. The fraction of sp³-hybridized carbons (Fsp3) is 1.00. The zero-order valence-electron chi connectivity index (χ0n) is 16.2. The summed E-state index contributed by atoms with van der Waals surface area (Å²) in [5.74, 6) is 0. The smallest absolute Gasteiger partial charge is 0.0431 e. The Kier molecular flexibility index (Phi) is 205. The summed E-state index contributed by atoms with van der Waals surface area (Å²) < 4.78 is 0. The molecule has 0 fully saturated rings. The Labute approximate surface area is 126 Å². The predicted octanol–water partition coefficient (Wildman–Crippen LogP) is 5.89. The molecule has 0 amide bonds. The van der Waals surface area contributed by atoms with Crippen LogP contribution in [0.4, 0.5) is 0 Å². The molecule has 0 unspecified atom stereocenters. The lowest BCUT2D eigenvalue weighted by molar-refractivity contribution is 0.284. The van der Waals surface area contributed by atoms with Gasteiger partial charge in [-0.3, -0.25) is 0 Å². The van der Waals surface area contributed by atoms with Crippen LogP contribution in [0.3, 0.4) is 0 Å². The zero-order chi connectivity index (χ0) is 16.9. The van der Waals surface area contributed by atoms with Crippen LogP contribution >= 0.6 is 0 Å². The van der Waals surface area contributed by atoms with Gasteiger partial charge in [-0.1, -0.05) is 76.2 Å². The molecule has 2 nitrogen and oxygen atoms in total. The van der Waals surface area contributed by atoms with Crippen molar-refractivity contribution in [3.8, 4) is 0 Å². The average molecular weight is 282 g/mol. The molecule has 0 radical (unpaired) electrons. The topological polar surface area (TPSA) is 32.3 Å². The van der Waals surface area contributed by atoms with E-state index < -0.39 is 0 Å². The van der Waals surface area contributed by atoms with Gasteiger partial charge in [0.05, 0.1) is 0 Å². The lowest BCUT2D eigenvalue weighted by atomic mass is 10.3. The van der Waals surface area contributed by atoms with Gasteiger partial charge in [-0.2, -0.15) is 0 Å². The Balaban J connectivity index is -0.0000000356. The third-order valence-electron chi connectivity index (χ3n) is 1.19. The van der Waals surface area contributed by atoms with E-state index in [1.165, 1.54) is 6.42 Å². The minimum absolute atomic E-state index is 0.327. The van der Waals surface area contributed by atoms with E-state index in [0.717, 1.165) is 25.9 Å². The lowest BCUT2D eigenvalue weighted by Gasteiger charge is -1.99.